The monoisotopic (exact) mass is 285 g/mol. The maximum Gasteiger partial charge on any atom is 0.0672 e. The first kappa shape index (κ1) is 16.0. The third-order valence-corrected chi connectivity index (χ3v) is 4.80. The van der Waals surface area contributed by atoms with Crippen molar-refractivity contribution < 1.29 is 0 Å². The van der Waals surface area contributed by atoms with E-state index < -0.39 is 0 Å². The van der Waals surface area contributed by atoms with Crippen molar-refractivity contribution in [3.05, 3.63) is 30.1 Å². The van der Waals surface area contributed by atoms with E-state index in [-0.39, 0.29) is 5.92 Å². The fourth-order valence-corrected chi connectivity index (χ4v) is 3.64. The van der Waals surface area contributed by atoms with Gasteiger partial charge in [0.05, 0.1) is 12.0 Å². The van der Waals surface area contributed by atoms with Crippen molar-refractivity contribution in [1.29, 1.82) is 5.26 Å². The van der Waals surface area contributed by atoms with E-state index in [1.54, 1.807) is 0 Å². The quantitative estimate of drug-likeness (QED) is 0.792. The van der Waals surface area contributed by atoms with Crippen molar-refractivity contribution in [3.8, 4) is 6.07 Å². The summed E-state index contributed by atoms with van der Waals surface area (Å²) in [6.07, 6.45) is 9.75. The van der Waals surface area contributed by atoms with Gasteiger partial charge in [0.1, 0.15) is 0 Å². The standard InChI is InChI=1S/C18H27N3/c1-3-5-15-6-7-17(13-19)18(12-15)21(4-2)14-16-8-10-20-11-9-16/h8-11,15,17-18H,3-7,12,14H2,1-2H3. The van der Waals surface area contributed by atoms with Crippen LogP contribution in [0.25, 0.3) is 0 Å². The van der Waals surface area contributed by atoms with Gasteiger partial charge in [0.25, 0.3) is 0 Å². The van der Waals surface area contributed by atoms with E-state index in [0.29, 0.717) is 6.04 Å². The summed E-state index contributed by atoms with van der Waals surface area (Å²) in [5, 5.41) is 9.50. The van der Waals surface area contributed by atoms with Crippen LogP contribution in [-0.2, 0) is 6.54 Å². The fraction of sp³-hybridized carbons (Fsp3) is 0.667. The predicted octanol–water partition coefficient (Wildman–Crippen LogP) is 4.01. The van der Waals surface area contributed by atoms with Crippen molar-refractivity contribution >= 4 is 0 Å². The van der Waals surface area contributed by atoms with Crippen molar-refractivity contribution in [1.82, 2.24) is 9.88 Å². The molecule has 1 aliphatic rings. The summed E-state index contributed by atoms with van der Waals surface area (Å²) in [5.74, 6) is 0.996. The Labute approximate surface area is 129 Å². The molecule has 0 aromatic carbocycles. The zero-order valence-corrected chi connectivity index (χ0v) is 13.3. The zero-order valence-electron chi connectivity index (χ0n) is 13.3. The summed E-state index contributed by atoms with van der Waals surface area (Å²) < 4.78 is 0. The lowest BCUT2D eigenvalue weighted by Gasteiger charge is -2.40. The van der Waals surface area contributed by atoms with Crippen molar-refractivity contribution in [2.45, 2.75) is 58.5 Å². The van der Waals surface area contributed by atoms with Gasteiger partial charge >= 0.3 is 0 Å². The van der Waals surface area contributed by atoms with E-state index in [1.165, 1.54) is 31.2 Å². The molecule has 3 heteroatoms. The number of pyridine rings is 1. The van der Waals surface area contributed by atoms with Gasteiger partial charge in [0, 0.05) is 25.0 Å². The second-order valence-corrected chi connectivity index (χ2v) is 6.19. The first-order valence-corrected chi connectivity index (χ1v) is 8.31. The predicted molar refractivity (Wildman–Crippen MR) is 85.5 cm³/mol. The highest BCUT2D eigenvalue weighted by Crippen LogP contribution is 2.35. The average molecular weight is 285 g/mol. The maximum atomic E-state index is 9.50. The second kappa shape index (κ2) is 8.14. The minimum absolute atomic E-state index is 0.194. The maximum absolute atomic E-state index is 9.50. The van der Waals surface area contributed by atoms with Crippen LogP contribution in [0.5, 0.6) is 0 Å². The molecule has 1 aromatic heterocycles. The van der Waals surface area contributed by atoms with Crippen LogP contribution < -0.4 is 0 Å². The number of aromatic nitrogens is 1. The normalized spacial score (nSPS) is 25.7. The number of hydrogen-bond acceptors (Lipinski definition) is 3. The SMILES string of the molecule is CCCC1CCC(C#N)C(N(CC)Cc2ccncc2)C1. The van der Waals surface area contributed by atoms with Crippen LogP contribution >= 0.6 is 0 Å². The van der Waals surface area contributed by atoms with Gasteiger partial charge in [0.15, 0.2) is 0 Å². The summed E-state index contributed by atoms with van der Waals surface area (Å²) in [6.45, 7) is 6.41. The lowest BCUT2D eigenvalue weighted by atomic mass is 9.76. The molecule has 0 spiro atoms. The highest BCUT2D eigenvalue weighted by atomic mass is 15.2. The van der Waals surface area contributed by atoms with Crippen LogP contribution in [0.4, 0.5) is 0 Å². The number of hydrogen-bond donors (Lipinski definition) is 0. The summed E-state index contributed by atoms with van der Waals surface area (Å²) in [7, 11) is 0. The molecule has 0 aliphatic heterocycles. The van der Waals surface area contributed by atoms with Crippen LogP contribution in [0.15, 0.2) is 24.5 Å². The van der Waals surface area contributed by atoms with Gasteiger partial charge in [-0.05, 0) is 49.4 Å². The molecule has 0 radical (unpaired) electrons. The molecule has 114 valence electrons. The van der Waals surface area contributed by atoms with Gasteiger partial charge in [0.2, 0.25) is 0 Å². The van der Waals surface area contributed by atoms with Gasteiger partial charge in [-0.1, -0.05) is 26.7 Å². The molecule has 3 unspecified atom stereocenters. The first-order chi connectivity index (χ1) is 10.3. The van der Waals surface area contributed by atoms with Gasteiger partial charge in [-0.15, -0.1) is 0 Å². The molecule has 2 rings (SSSR count). The van der Waals surface area contributed by atoms with E-state index in [2.05, 4.69) is 41.9 Å². The van der Waals surface area contributed by atoms with Gasteiger partial charge in [-0.25, -0.2) is 0 Å². The average Bonchev–Trinajstić information content (AvgIpc) is 2.54. The molecule has 1 fully saturated rings. The molecule has 1 heterocycles. The number of nitrogens with zero attached hydrogens (tertiary/aromatic N) is 3. The Hall–Kier alpha value is -1.40. The van der Waals surface area contributed by atoms with Crippen LogP contribution in [0.2, 0.25) is 0 Å². The molecule has 1 aliphatic carbocycles. The van der Waals surface area contributed by atoms with E-state index >= 15 is 0 Å². The number of rotatable bonds is 6. The molecule has 3 nitrogen and oxygen atoms in total. The van der Waals surface area contributed by atoms with Crippen molar-refractivity contribution in [2.24, 2.45) is 11.8 Å². The smallest absolute Gasteiger partial charge is 0.0672 e. The molecule has 0 N–H and O–H groups in total. The molecule has 21 heavy (non-hydrogen) atoms. The van der Waals surface area contributed by atoms with Crippen LogP contribution in [-0.4, -0.2) is 22.5 Å². The Morgan fingerprint density at radius 1 is 1.29 bits per heavy atom. The van der Waals surface area contributed by atoms with Crippen molar-refractivity contribution in [3.63, 3.8) is 0 Å². The van der Waals surface area contributed by atoms with Crippen molar-refractivity contribution in [2.75, 3.05) is 6.54 Å². The molecule has 0 saturated heterocycles. The summed E-state index contributed by atoms with van der Waals surface area (Å²) >= 11 is 0. The van der Waals surface area contributed by atoms with E-state index in [1.807, 2.05) is 12.4 Å². The topological polar surface area (TPSA) is 39.9 Å². The lowest BCUT2D eigenvalue weighted by molar-refractivity contribution is 0.0962. The lowest BCUT2D eigenvalue weighted by Crippen LogP contribution is -2.43. The molecular formula is C18H27N3. The third-order valence-electron chi connectivity index (χ3n) is 4.80. The van der Waals surface area contributed by atoms with Crippen LogP contribution in [0.3, 0.4) is 0 Å². The fourth-order valence-electron chi connectivity index (χ4n) is 3.64. The van der Waals surface area contributed by atoms with E-state index in [9.17, 15) is 5.26 Å². The van der Waals surface area contributed by atoms with Crippen LogP contribution in [0.1, 0.15) is 51.5 Å². The summed E-state index contributed by atoms with van der Waals surface area (Å²) in [6, 6.07) is 7.14. The molecule has 0 amide bonds. The molecule has 3 atom stereocenters. The van der Waals surface area contributed by atoms with E-state index in [4.69, 9.17) is 0 Å². The first-order valence-electron chi connectivity index (χ1n) is 8.31. The Morgan fingerprint density at radius 3 is 2.67 bits per heavy atom. The minimum Gasteiger partial charge on any atom is -0.295 e. The Morgan fingerprint density at radius 2 is 2.05 bits per heavy atom. The second-order valence-electron chi connectivity index (χ2n) is 6.19. The Balaban J connectivity index is 2.07. The molecular weight excluding hydrogens is 258 g/mol. The summed E-state index contributed by atoms with van der Waals surface area (Å²) in [5.41, 5.74) is 1.29. The van der Waals surface area contributed by atoms with Crippen LogP contribution in [0, 0.1) is 23.2 Å². The number of nitriles is 1. The van der Waals surface area contributed by atoms with Gasteiger partial charge < -0.3 is 0 Å². The third kappa shape index (κ3) is 4.28. The molecule has 1 aromatic rings. The van der Waals surface area contributed by atoms with Gasteiger partial charge in [-0.2, -0.15) is 5.26 Å². The Kier molecular flexibility index (Phi) is 6.20. The largest absolute Gasteiger partial charge is 0.295 e. The molecule has 1 saturated carbocycles. The highest BCUT2D eigenvalue weighted by molar-refractivity contribution is 5.10. The summed E-state index contributed by atoms with van der Waals surface area (Å²) in [4.78, 5) is 6.58. The Bertz CT molecular complexity index is 451. The van der Waals surface area contributed by atoms with E-state index in [0.717, 1.165) is 25.4 Å². The highest BCUT2D eigenvalue weighted by Gasteiger charge is 2.33. The molecule has 0 bridgehead atoms. The van der Waals surface area contributed by atoms with Gasteiger partial charge in [-0.3, -0.25) is 9.88 Å². The zero-order chi connectivity index (χ0) is 15.1. The minimum atomic E-state index is 0.194.